The van der Waals surface area contributed by atoms with Crippen molar-refractivity contribution >= 4 is 0 Å². The van der Waals surface area contributed by atoms with E-state index in [0.717, 1.165) is 32.1 Å². The minimum absolute atomic E-state index is 0.788. The summed E-state index contributed by atoms with van der Waals surface area (Å²) < 4.78 is 0. The van der Waals surface area contributed by atoms with E-state index in [4.69, 9.17) is 0 Å². The first-order valence-corrected chi connectivity index (χ1v) is 7.38. The standard InChI is InChI=1S/C17H26N2/c1-3-4-5-12-19(2)14-16-8-6-15(7-9-16)13-18-17-10-11-17/h3,6-9,17-18H,1,4-5,10-14H2,2H3. The van der Waals surface area contributed by atoms with Crippen LogP contribution in [0, 0.1) is 0 Å². The van der Waals surface area contributed by atoms with E-state index >= 15 is 0 Å². The van der Waals surface area contributed by atoms with Crippen LogP contribution >= 0.6 is 0 Å². The second-order valence-corrected chi connectivity index (χ2v) is 5.64. The van der Waals surface area contributed by atoms with E-state index in [9.17, 15) is 0 Å². The number of allylic oxidation sites excluding steroid dienone is 1. The van der Waals surface area contributed by atoms with Crippen LogP contribution in [0.1, 0.15) is 36.8 Å². The number of unbranched alkanes of at least 4 members (excludes halogenated alkanes) is 1. The summed E-state index contributed by atoms with van der Waals surface area (Å²) in [5, 5.41) is 3.55. The average molecular weight is 258 g/mol. The third-order valence-corrected chi connectivity index (χ3v) is 3.60. The minimum Gasteiger partial charge on any atom is -0.310 e. The molecule has 0 bridgehead atoms. The maximum absolute atomic E-state index is 3.76. The van der Waals surface area contributed by atoms with Crippen molar-refractivity contribution in [3.8, 4) is 0 Å². The summed E-state index contributed by atoms with van der Waals surface area (Å²) >= 11 is 0. The highest BCUT2D eigenvalue weighted by Gasteiger charge is 2.19. The smallest absolute Gasteiger partial charge is 0.0230 e. The van der Waals surface area contributed by atoms with Crippen LogP contribution in [-0.2, 0) is 13.1 Å². The summed E-state index contributed by atoms with van der Waals surface area (Å²) in [6, 6.07) is 9.81. The van der Waals surface area contributed by atoms with Crippen LogP contribution < -0.4 is 5.32 Å². The van der Waals surface area contributed by atoms with Crippen LogP contribution in [-0.4, -0.2) is 24.5 Å². The molecule has 0 saturated heterocycles. The van der Waals surface area contributed by atoms with Gasteiger partial charge in [-0.25, -0.2) is 0 Å². The molecule has 0 spiro atoms. The monoisotopic (exact) mass is 258 g/mol. The summed E-state index contributed by atoms with van der Waals surface area (Å²) in [6.45, 7) is 6.95. The van der Waals surface area contributed by atoms with Crippen molar-refractivity contribution in [2.75, 3.05) is 13.6 Å². The molecule has 0 atom stereocenters. The Hall–Kier alpha value is -1.12. The molecule has 1 aliphatic carbocycles. The molecule has 2 heteroatoms. The van der Waals surface area contributed by atoms with Gasteiger partial charge in [-0.3, -0.25) is 0 Å². The fourth-order valence-corrected chi connectivity index (χ4v) is 2.21. The fourth-order valence-electron chi connectivity index (χ4n) is 2.21. The first kappa shape index (κ1) is 14.3. The lowest BCUT2D eigenvalue weighted by molar-refractivity contribution is 0.323. The van der Waals surface area contributed by atoms with Crippen LogP contribution in [0.15, 0.2) is 36.9 Å². The van der Waals surface area contributed by atoms with Crippen molar-refractivity contribution in [2.24, 2.45) is 0 Å². The van der Waals surface area contributed by atoms with E-state index in [0.29, 0.717) is 0 Å². The largest absolute Gasteiger partial charge is 0.310 e. The molecule has 0 aliphatic heterocycles. The second-order valence-electron chi connectivity index (χ2n) is 5.64. The topological polar surface area (TPSA) is 15.3 Å². The van der Waals surface area contributed by atoms with Crippen LogP contribution in [0.2, 0.25) is 0 Å². The summed E-state index contributed by atoms with van der Waals surface area (Å²) in [4.78, 5) is 2.38. The van der Waals surface area contributed by atoms with Gasteiger partial charge in [0.15, 0.2) is 0 Å². The number of hydrogen-bond acceptors (Lipinski definition) is 2. The number of hydrogen-bond donors (Lipinski definition) is 1. The summed E-state index contributed by atoms with van der Waals surface area (Å²) in [6.07, 6.45) is 7.01. The van der Waals surface area contributed by atoms with Crippen molar-refractivity contribution in [3.63, 3.8) is 0 Å². The molecule has 0 amide bonds. The molecule has 104 valence electrons. The molecule has 2 nitrogen and oxygen atoms in total. The highest BCUT2D eigenvalue weighted by Crippen LogP contribution is 2.19. The Balaban J connectivity index is 1.72. The third-order valence-electron chi connectivity index (χ3n) is 3.60. The summed E-state index contributed by atoms with van der Waals surface area (Å²) in [7, 11) is 2.19. The van der Waals surface area contributed by atoms with Gasteiger partial charge in [0.25, 0.3) is 0 Å². The first-order valence-electron chi connectivity index (χ1n) is 7.38. The number of nitrogens with one attached hydrogen (secondary N) is 1. The van der Waals surface area contributed by atoms with Crippen LogP contribution in [0.3, 0.4) is 0 Å². The quantitative estimate of drug-likeness (QED) is 0.540. The Morgan fingerprint density at radius 2 is 1.95 bits per heavy atom. The molecular weight excluding hydrogens is 232 g/mol. The Morgan fingerprint density at radius 1 is 1.26 bits per heavy atom. The summed E-state index contributed by atoms with van der Waals surface area (Å²) in [5.74, 6) is 0. The molecule has 1 aliphatic rings. The lowest BCUT2D eigenvalue weighted by atomic mass is 10.1. The van der Waals surface area contributed by atoms with Gasteiger partial charge in [0, 0.05) is 19.1 Å². The maximum Gasteiger partial charge on any atom is 0.0230 e. The average Bonchev–Trinajstić information content (AvgIpc) is 3.22. The van der Waals surface area contributed by atoms with Gasteiger partial charge in [-0.05, 0) is 50.4 Å². The van der Waals surface area contributed by atoms with Gasteiger partial charge in [0.1, 0.15) is 0 Å². The van der Waals surface area contributed by atoms with E-state index in [2.05, 4.69) is 48.1 Å². The second kappa shape index (κ2) is 7.46. The predicted octanol–water partition coefficient (Wildman–Crippen LogP) is 3.34. The van der Waals surface area contributed by atoms with Crippen molar-refractivity contribution in [2.45, 2.75) is 44.8 Å². The van der Waals surface area contributed by atoms with Gasteiger partial charge in [0.05, 0.1) is 0 Å². The Morgan fingerprint density at radius 3 is 2.58 bits per heavy atom. The molecule has 19 heavy (non-hydrogen) atoms. The Bertz CT molecular complexity index is 379. The van der Waals surface area contributed by atoms with Gasteiger partial charge >= 0.3 is 0 Å². The van der Waals surface area contributed by atoms with Gasteiger partial charge in [-0.15, -0.1) is 6.58 Å². The zero-order valence-corrected chi connectivity index (χ0v) is 12.1. The number of benzene rings is 1. The zero-order valence-electron chi connectivity index (χ0n) is 12.1. The molecule has 0 aromatic heterocycles. The SMILES string of the molecule is C=CCCCN(C)Cc1ccc(CNC2CC2)cc1. The maximum atomic E-state index is 3.76. The molecule has 0 heterocycles. The van der Waals surface area contributed by atoms with E-state index in [1.165, 1.54) is 30.4 Å². The highest BCUT2D eigenvalue weighted by atomic mass is 15.1. The van der Waals surface area contributed by atoms with Gasteiger partial charge in [-0.2, -0.15) is 0 Å². The molecule has 0 radical (unpaired) electrons. The van der Waals surface area contributed by atoms with Crippen molar-refractivity contribution in [3.05, 3.63) is 48.0 Å². The minimum atomic E-state index is 0.788. The lowest BCUT2D eigenvalue weighted by Gasteiger charge is -2.16. The molecule has 2 rings (SSSR count). The summed E-state index contributed by atoms with van der Waals surface area (Å²) in [5.41, 5.74) is 2.79. The van der Waals surface area contributed by atoms with E-state index in [1.807, 2.05) is 6.08 Å². The molecule has 1 aromatic carbocycles. The molecule has 1 fully saturated rings. The lowest BCUT2D eigenvalue weighted by Crippen LogP contribution is -2.19. The zero-order chi connectivity index (χ0) is 13.5. The van der Waals surface area contributed by atoms with E-state index in [-0.39, 0.29) is 0 Å². The van der Waals surface area contributed by atoms with Crippen LogP contribution in [0.4, 0.5) is 0 Å². The molecule has 1 saturated carbocycles. The van der Waals surface area contributed by atoms with Crippen molar-refractivity contribution in [1.82, 2.24) is 10.2 Å². The van der Waals surface area contributed by atoms with Gasteiger partial charge < -0.3 is 10.2 Å². The molecular formula is C17H26N2. The Kier molecular flexibility index (Phi) is 5.62. The first-order chi connectivity index (χ1) is 9.28. The van der Waals surface area contributed by atoms with E-state index in [1.54, 1.807) is 0 Å². The van der Waals surface area contributed by atoms with Gasteiger partial charge in [0.2, 0.25) is 0 Å². The van der Waals surface area contributed by atoms with E-state index < -0.39 is 0 Å². The predicted molar refractivity (Wildman–Crippen MR) is 82.1 cm³/mol. The fraction of sp³-hybridized carbons (Fsp3) is 0.529. The number of rotatable bonds is 9. The molecule has 1 N–H and O–H groups in total. The van der Waals surface area contributed by atoms with Crippen molar-refractivity contribution < 1.29 is 0 Å². The number of nitrogens with zero attached hydrogens (tertiary/aromatic N) is 1. The van der Waals surface area contributed by atoms with Crippen LogP contribution in [0.5, 0.6) is 0 Å². The third kappa shape index (κ3) is 5.58. The van der Waals surface area contributed by atoms with Gasteiger partial charge in [-0.1, -0.05) is 30.3 Å². The highest BCUT2D eigenvalue weighted by molar-refractivity contribution is 5.22. The van der Waals surface area contributed by atoms with Crippen molar-refractivity contribution in [1.29, 1.82) is 0 Å². The normalized spacial score (nSPS) is 14.8. The van der Waals surface area contributed by atoms with Crippen LogP contribution in [0.25, 0.3) is 0 Å². The molecule has 1 aromatic rings. The molecule has 0 unspecified atom stereocenters. The Labute approximate surface area is 117 Å².